The third-order valence-electron chi connectivity index (χ3n) is 12.1. The first-order valence-electron chi connectivity index (χ1n) is 21.2. The average Bonchev–Trinajstić information content (AvgIpc) is 3.75. The zero-order chi connectivity index (χ0) is 42.4. The van der Waals surface area contributed by atoms with Crippen molar-refractivity contribution in [2.75, 3.05) is 32.8 Å². The molecule has 5 atom stereocenters. The van der Waals surface area contributed by atoms with Gasteiger partial charge in [-0.05, 0) is 64.9 Å². The van der Waals surface area contributed by atoms with E-state index in [1.807, 2.05) is 97.9 Å². The molecule has 5 aromatic rings. The van der Waals surface area contributed by atoms with Crippen molar-refractivity contribution in [1.82, 2.24) is 14.9 Å². The van der Waals surface area contributed by atoms with E-state index in [9.17, 15) is 18.3 Å². The highest BCUT2D eigenvalue weighted by molar-refractivity contribution is 7.89. The second kappa shape index (κ2) is 19.1. The second-order valence-corrected chi connectivity index (χ2v) is 18.2. The van der Waals surface area contributed by atoms with E-state index in [0.717, 1.165) is 77.0 Å². The van der Waals surface area contributed by atoms with Crippen LogP contribution in [0.1, 0.15) is 65.5 Å². The number of amides is 1. The molecular formula is C49H55N3O8S. The quantitative estimate of drug-likeness (QED) is 0.108. The summed E-state index contributed by atoms with van der Waals surface area (Å²) in [6.07, 6.45) is 0.950. The van der Waals surface area contributed by atoms with Gasteiger partial charge in [0.1, 0.15) is 6.04 Å². The van der Waals surface area contributed by atoms with Gasteiger partial charge in [0.05, 0.1) is 36.9 Å². The number of aryl methyl sites for hydroxylation is 1. The van der Waals surface area contributed by atoms with Crippen LogP contribution >= 0.6 is 0 Å². The number of aliphatic hydroxyl groups is 1. The summed E-state index contributed by atoms with van der Waals surface area (Å²) in [7, 11) is -3.96. The summed E-state index contributed by atoms with van der Waals surface area (Å²) < 4.78 is 54.9. The molecule has 320 valence electrons. The topological polar surface area (TPSA) is 136 Å². The molecule has 0 unspecified atom stereocenters. The van der Waals surface area contributed by atoms with Crippen molar-refractivity contribution >= 4 is 15.9 Å². The van der Waals surface area contributed by atoms with Crippen LogP contribution in [0.2, 0.25) is 0 Å². The van der Waals surface area contributed by atoms with Gasteiger partial charge in [-0.3, -0.25) is 4.79 Å². The SMILES string of the molecule is Cc1ccc(S(=O)(=O)N[C@H](Cc2ccccc2)C(=O)NCc2cccc(-c3ccc([C@H]4O[C@@H](CN5CCC6(CC5)OCCO6)[C@@H](C)[C@@H](c5ccc(CO)cc5)O4)cc3)c2)cc1. The van der Waals surface area contributed by atoms with Crippen molar-refractivity contribution in [2.24, 2.45) is 5.92 Å². The predicted molar refractivity (Wildman–Crippen MR) is 232 cm³/mol. The number of nitrogens with zero attached hydrogens (tertiary/aromatic N) is 1. The van der Waals surface area contributed by atoms with Crippen LogP contribution in [0.4, 0.5) is 0 Å². The van der Waals surface area contributed by atoms with Gasteiger partial charge in [0.2, 0.25) is 15.9 Å². The van der Waals surface area contributed by atoms with Gasteiger partial charge in [0, 0.05) is 50.5 Å². The van der Waals surface area contributed by atoms with Crippen LogP contribution in [-0.2, 0) is 53.3 Å². The lowest BCUT2D eigenvalue weighted by atomic mass is 9.89. The minimum Gasteiger partial charge on any atom is -0.392 e. The number of ether oxygens (including phenoxy) is 4. The largest absolute Gasteiger partial charge is 0.392 e. The number of benzene rings is 5. The lowest BCUT2D eigenvalue weighted by Crippen LogP contribution is -2.50. The molecule has 1 spiro atoms. The maximum absolute atomic E-state index is 13.7. The average molecular weight is 846 g/mol. The molecule has 0 radical (unpaired) electrons. The molecule has 0 aliphatic carbocycles. The fourth-order valence-electron chi connectivity index (χ4n) is 8.46. The van der Waals surface area contributed by atoms with Crippen LogP contribution in [0.3, 0.4) is 0 Å². The van der Waals surface area contributed by atoms with Crippen molar-refractivity contribution in [3.8, 4) is 11.1 Å². The molecule has 3 aliphatic rings. The van der Waals surface area contributed by atoms with Crippen LogP contribution in [0.25, 0.3) is 11.1 Å². The molecule has 3 aliphatic heterocycles. The molecule has 8 rings (SSSR count). The molecule has 5 aromatic carbocycles. The fraction of sp³-hybridized carbons (Fsp3) is 0.367. The molecule has 12 heteroatoms. The van der Waals surface area contributed by atoms with Gasteiger partial charge in [-0.25, -0.2) is 8.42 Å². The number of rotatable bonds is 14. The van der Waals surface area contributed by atoms with Crippen molar-refractivity contribution in [1.29, 1.82) is 0 Å². The van der Waals surface area contributed by atoms with Gasteiger partial charge in [0.15, 0.2) is 12.1 Å². The smallest absolute Gasteiger partial charge is 0.241 e. The Morgan fingerprint density at radius 3 is 2.15 bits per heavy atom. The minimum absolute atomic E-state index is 0.0163. The molecule has 3 fully saturated rings. The van der Waals surface area contributed by atoms with E-state index in [0.29, 0.717) is 13.2 Å². The first kappa shape index (κ1) is 42.9. The van der Waals surface area contributed by atoms with Crippen molar-refractivity contribution in [3.63, 3.8) is 0 Å². The van der Waals surface area contributed by atoms with Crippen LogP contribution in [0.15, 0.2) is 132 Å². The summed E-state index contributed by atoms with van der Waals surface area (Å²) in [6.45, 7) is 8.07. The summed E-state index contributed by atoms with van der Waals surface area (Å²) in [6, 6.07) is 39.0. The number of hydrogen-bond donors (Lipinski definition) is 3. The Bertz CT molecular complexity index is 2330. The van der Waals surface area contributed by atoms with Gasteiger partial charge < -0.3 is 34.3 Å². The monoisotopic (exact) mass is 845 g/mol. The minimum atomic E-state index is -3.96. The summed E-state index contributed by atoms with van der Waals surface area (Å²) in [5, 5.41) is 12.7. The predicted octanol–water partition coefficient (Wildman–Crippen LogP) is 6.99. The fourth-order valence-corrected chi connectivity index (χ4v) is 9.66. The van der Waals surface area contributed by atoms with Crippen molar-refractivity contribution in [3.05, 3.63) is 161 Å². The highest BCUT2D eigenvalue weighted by Crippen LogP contribution is 2.43. The second-order valence-electron chi connectivity index (χ2n) is 16.4. The van der Waals surface area contributed by atoms with Gasteiger partial charge in [-0.2, -0.15) is 4.72 Å². The van der Waals surface area contributed by atoms with Gasteiger partial charge in [-0.15, -0.1) is 0 Å². The maximum Gasteiger partial charge on any atom is 0.241 e. The molecular weight excluding hydrogens is 791 g/mol. The summed E-state index contributed by atoms with van der Waals surface area (Å²) in [5.74, 6) is -0.794. The zero-order valence-electron chi connectivity index (χ0n) is 34.7. The Morgan fingerprint density at radius 1 is 0.787 bits per heavy atom. The summed E-state index contributed by atoms with van der Waals surface area (Å²) in [5.41, 5.74) is 7.41. The maximum atomic E-state index is 13.7. The Hall–Kier alpha value is -4.76. The number of piperidine rings is 1. The molecule has 0 bridgehead atoms. The Morgan fingerprint density at radius 2 is 1.46 bits per heavy atom. The van der Waals surface area contributed by atoms with E-state index in [1.54, 1.807) is 24.3 Å². The number of carbonyl (C=O) groups excluding carboxylic acids is 1. The Kier molecular flexibility index (Phi) is 13.4. The summed E-state index contributed by atoms with van der Waals surface area (Å²) in [4.78, 5) is 16.2. The van der Waals surface area contributed by atoms with Gasteiger partial charge in [0.25, 0.3) is 0 Å². The molecule has 61 heavy (non-hydrogen) atoms. The van der Waals surface area contributed by atoms with E-state index >= 15 is 0 Å². The number of sulfonamides is 1. The van der Waals surface area contributed by atoms with Gasteiger partial charge >= 0.3 is 0 Å². The molecule has 0 saturated carbocycles. The Labute approximate surface area is 359 Å². The third-order valence-corrected chi connectivity index (χ3v) is 13.6. The molecule has 3 heterocycles. The Balaban J connectivity index is 0.949. The highest BCUT2D eigenvalue weighted by Gasteiger charge is 2.43. The van der Waals surface area contributed by atoms with Crippen LogP contribution in [0.5, 0.6) is 0 Å². The van der Waals surface area contributed by atoms with E-state index in [1.165, 1.54) is 0 Å². The van der Waals surface area contributed by atoms with E-state index in [4.69, 9.17) is 18.9 Å². The normalized spacial score (nSPS) is 22.2. The third kappa shape index (κ3) is 10.5. The lowest BCUT2D eigenvalue weighted by Gasteiger charge is -2.44. The molecule has 1 amide bonds. The first-order valence-corrected chi connectivity index (χ1v) is 22.7. The number of aliphatic hydroxyl groups excluding tert-OH is 1. The lowest BCUT2D eigenvalue weighted by molar-refractivity contribution is -0.278. The molecule has 11 nitrogen and oxygen atoms in total. The molecule has 3 N–H and O–H groups in total. The number of nitrogens with one attached hydrogen (secondary N) is 2. The standard InChI is InChI=1S/C49H55N3O8S/c1-34-11-21-43(22-12-34)61(55,56)51-44(30-36-7-4-3-5-8-36)47(54)50-31-38-9-6-10-42(29-38)39-17-19-41(20-18-39)48-59-45(32-52-25-23-49(24-26-52)57-27-28-58-49)35(2)46(60-48)40-15-13-37(33-53)14-16-40/h3-22,29,35,44-46,48,51,53H,23-28,30-33H2,1-2H3,(H,50,54)/t35-,44-,45+,46+,48+/m1/s1. The number of likely N-dealkylation sites (tertiary alicyclic amines) is 1. The van der Waals surface area contributed by atoms with Crippen LogP contribution in [-0.4, -0.2) is 75.1 Å². The first-order chi connectivity index (χ1) is 29.6. The zero-order valence-corrected chi connectivity index (χ0v) is 35.6. The number of carbonyl (C=O) groups is 1. The number of hydrogen-bond acceptors (Lipinski definition) is 9. The van der Waals surface area contributed by atoms with Crippen molar-refractivity contribution in [2.45, 2.75) is 81.5 Å². The van der Waals surface area contributed by atoms with Crippen LogP contribution in [0, 0.1) is 12.8 Å². The van der Waals surface area contributed by atoms with E-state index in [-0.39, 0.29) is 42.6 Å². The van der Waals surface area contributed by atoms with Crippen LogP contribution < -0.4 is 10.0 Å². The van der Waals surface area contributed by atoms with Crippen molar-refractivity contribution < 1.29 is 37.3 Å². The van der Waals surface area contributed by atoms with E-state index in [2.05, 4.69) is 34.0 Å². The van der Waals surface area contributed by atoms with Gasteiger partial charge in [-0.1, -0.05) is 122 Å². The highest BCUT2D eigenvalue weighted by atomic mass is 32.2. The molecule has 3 saturated heterocycles. The van der Waals surface area contributed by atoms with E-state index < -0.39 is 34.0 Å². The summed E-state index contributed by atoms with van der Waals surface area (Å²) >= 11 is 0. The molecule has 0 aromatic heterocycles.